The van der Waals surface area contributed by atoms with Gasteiger partial charge in [-0.15, -0.1) is 0 Å². The summed E-state index contributed by atoms with van der Waals surface area (Å²) in [5.74, 6) is 0.643. The summed E-state index contributed by atoms with van der Waals surface area (Å²) in [5, 5.41) is 0.680. The molecule has 0 amide bonds. The van der Waals surface area contributed by atoms with Gasteiger partial charge in [-0.05, 0) is 23.6 Å². The molecule has 0 saturated carbocycles. The van der Waals surface area contributed by atoms with Crippen LogP contribution in [-0.4, -0.2) is 5.84 Å². The first-order valence-corrected chi connectivity index (χ1v) is 5.33. The average Bonchev–Trinajstić information content (AvgIpc) is 1.99. The summed E-state index contributed by atoms with van der Waals surface area (Å²) < 4.78 is 0. The Bertz CT molecular complexity index is 364. The van der Waals surface area contributed by atoms with Crippen molar-refractivity contribution in [3.63, 3.8) is 0 Å². The molecular formula is C12H17ClN2. The van der Waals surface area contributed by atoms with Gasteiger partial charge in [0, 0.05) is 11.4 Å². The molecule has 0 saturated heterocycles. The summed E-state index contributed by atoms with van der Waals surface area (Å²) in [6.45, 7) is 6.40. The molecule has 0 radical (unpaired) electrons. The maximum absolute atomic E-state index is 5.85. The van der Waals surface area contributed by atoms with Crippen LogP contribution < -0.4 is 5.73 Å². The first kappa shape index (κ1) is 12.1. The van der Waals surface area contributed by atoms with Gasteiger partial charge >= 0.3 is 0 Å². The Balaban J connectivity index is 2.79. The molecule has 1 aromatic rings. The van der Waals surface area contributed by atoms with Crippen molar-refractivity contribution in [1.82, 2.24) is 0 Å². The molecule has 0 aliphatic rings. The maximum atomic E-state index is 5.85. The lowest BCUT2D eigenvalue weighted by Gasteiger charge is -2.17. The number of benzene rings is 1. The fraction of sp³-hybridized carbons (Fsp3) is 0.417. The zero-order chi connectivity index (χ0) is 11.5. The lowest BCUT2D eigenvalue weighted by atomic mass is 9.92. The molecular weight excluding hydrogens is 208 g/mol. The van der Waals surface area contributed by atoms with Crippen molar-refractivity contribution < 1.29 is 0 Å². The number of aliphatic imine (C=N–C) groups is 1. The highest BCUT2D eigenvalue weighted by Gasteiger charge is 2.12. The van der Waals surface area contributed by atoms with Crippen LogP contribution in [0, 0.1) is 5.41 Å². The van der Waals surface area contributed by atoms with Crippen LogP contribution in [-0.2, 0) is 0 Å². The zero-order valence-corrected chi connectivity index (χ0v) is 10.2. The van der Waals surface area contributed by atoms with E-state index in [9.17, 15) is 0 Å². The van der Waals surface area contributed by atoms with E-state index < -0.39 is 0 Å². The Morgan fingerprint density at radius 3 is 2.60 bits per heavy atom. The van der Waals surface area contributed by atoms with Gasteiger partial charge in [-0.25, -0.2) is 4.99 Å². The molecule has 15 heavy (non-hydrogen) atoms. The molecule has 0 heterocycles. The van der Waals surface area contributed by atoms with Crippen LogP contribution in [0.15, 0.2) is 29.3 Å². The molecule has 2 nitrogen and oxygen atoms in total. The largest absolute Gasteiger partial charge is 0.387 e. The van der Waals surface area contributed by atoms with E-state index in [2.05, 4.69) is 25.8 Å². The van der Waals surface area contributed by atoms with E-state index in [4.69, 9.17) is 17.3 Å². The minimum atomic E-state index is 0.159. The standard InChI is InChI=1S/C12H17ClN2/c1-12(2,3)8-11(14)15-10-6-4-5-9(13)7-10/h4-7H,8H2,1-3H3,(H2,14,15). The fourth-order valence-corrected chi connectivity index (χ4v) is 1.48. The van der Waals surface area contributed by atoms with Crippen molar-refractivity contribution in [2.75, 3.05) is 0 Å². The minimum Gasteiger partial charge on any atom is -0.387 e. The van der Waals surface area contributed by atoms with Crippen LogP contribution in [0.5, 0.6) is 0 Å². The summed E-state index contributed by atoms with van der Waals surface area (Å²) in [7, 11) is 0. The maximum Gasteiger partial charge on any atom is 0.100 e. The molecule has 0 fully saturated rings. The van der Waals surface area contributed by atoms with Crippen molar-refractivity contribution in [3.8, 4) is 0 Å². The Kier molecular flexibility index (Phi) is 3.75. The number of nitrogens with zero attached hydrogens (tertiary/aromatic N) is 1. The molecule has 2 N–H and O–H groups in total. The third-order valence-corrected chi connectivity index (χ3v) is 2.03. The topological polar surface area (TPSA) is 38.4 Å². The summed E-state index contributed by atoms with van der Waals surface area (Å²) >= 11 is 5.85. The lowest BCUT2D eigenvalue weighted by Crippen LogP contribution is -2.19. The van der Waals surface area contributed by atoms with Crippen molar-refractivity contribution in [1.29, 1.82) is 0 Å². The quantitative estimate of drug-likeness (QED) is 0.603. The second-order valence-corrected chi connectivity index (χ2v) is 5.26. The van der Waals surface area contributed by atoms with E-state index in [0.29, 0.717) is 10.9 Å². The highest BCUT2D eigenvalue weighted by atomic mass is 35.5. The van der Waals surface area contributed by atoms with E-state index in [1.54, 1.807) is 6.07 Å². The Morgan fingerprint density at radius 1 is 1.40 bits per heavy atom. The predicted octanol–water partition coefficient (Wildman–Crippen LogP) is 3.76. The highest BCUT2D eigenvalue weighted by molar-refractivity contribution is 6.30. The number of halogens is 1. The van der Waals surface area contributed by atoms with Gasteiger partial charge in [0.05, 0.1) is 5.69 Å². The third kappa shape index (κ3) is 4.84. The molecule has 0 aromatic heterocycles. The molecule has 82 valence electrons. The summed E-state index contributed by atoms with van der Waals surface area (Å²) in [5.41, 5.74) is 6.82. The van der Waals surface area contributed by atoms with Gasteiger partial charge < -0.3 is 5.73 Å². The van der Waals surface area contributed by atoms with Gasteiger partial charge in [0.2, 0.25) is 0 Å². The normalized spacial score (nSPS) is 12.9. The number of nitrogens with two attached hydrogens (primary N) is 1. The van der Waals surface area contributed by atoms with Crippen LogP contribution in [0.4, 0.5) is 5.69 Å². The molecule has 0 unspecified atom stereocenters. The van der Waals surface area contributed by atoms with E-state index >= 15 is 0 Å². The molecule has 0 aliphatic carbocycles. The molecule has 0 atom stereocenters. The highest BCUT2D eigenvalue weighted by Crippen LogP contribution is 2.21. The zero-order valence-electron chi connectivity index (χ0n) is 9.42. The monoisotopic (exact) mass is 224 g/mol. The first-order chi connectivity index (χ1) is 6.87. The third-order valence-electron chi connectivity index (χ3n) is 1.79. The summed E-state index contributed by atoms with van der Waals surface area (Å²) in [6, 6.07) is 7.38. The first-order valence-electron chi connectivity index (χ1n) is 4.95. The lowest BCUT2D eigenvalue weighted by molar-refractivity contribution is 0.432. The SMILES string of the molecule is CC(C)(C)CC(N)=Nc1cccc(Cl)c1. The molecule has 1 aromatic carbocycles. The van der Waals surface area contributed by atoms with Gasteiger partial charge in [-0.1, -0.05) is 38.4 Å². The van der Waals surface area contributed by atoms with Crippen LogP contribution >= 0.6 is 11.6 Å². The van der Waals surface area contributed by atoms with Crippen molar-refractivity contribution in [2.45, 2.75) is 27.2 Å². The Morgan fingerprint density at radius 2 is 2.07 bits per heavy atom. The van der Waals surface area contributed by atoms with Gasteiger partial charge in [0.15, 0.2) is 0 Å². The van der Waals surface area contributed by atoms with Gasteiger partial charge in [0.25, 0.3) is 0 Å². The predicted molar refractivity (Wildman–Crippen MR) is 66.8 cm³/mol. The van der Waals surface area contributed by atoms with E-state index in [1.807, 2.05) is 18.2 Å². The van der Waals surface area contributed by atoms with Crippen LogP contribution in [0.1, 0.15) is 27.2 Å². The average molecular weight is 225 g/mol. The van der Waals surface area contributed by atoms with E-state index in [-0.39, 0.29) is 5.41 Å². The fourth-order valence-electron chi connectivity index (χ4n) is 1.29. The number of hydrogen-bond donors (Lipinski definition) is 1. The number of rotatable bonds is 2. The number of amidine groups is 1. The summed E-state index contributed by atoms with van der Waals surface area (Å²) in [4.78, 5) is 4.32. The second-order valence-electron chi connectivity index (χ2n) is 4.82. The smallest absolute Gasteiger partial charge is 0.100 e. The van der Waals surface area contributed by atoms with E-state index in [1.165, 1.54) is 0 Å². The van der Waals surface area contributed by atoms with E-state index in [0.717, 1.165) is 12.1 Å². The van der Waals surface area contributed by atoms with Crippen LogP contribution in [0.25, 0.3) is 0 Å². The molecule has 1 rings (SSSR count). The Labute approximate surface area is 96.2 Å². The molecule has 0 bridgehead atoms. The molecule has 0 aliphatic heterocycles. The number of hydrogen-bond acceptors (Lipinski definition) is 1. The minimum absolute atomic E-state index is 0.159. The molecule has 0 spiro atoms. The van der Waals surface area contributed by atoms with Gasteiger partial charge in [-0.3, -0.25) is 0 Å². The van der Waals surface area contributed by atoms with Gasteiger partial charge in [-0.2, -0.15) is 0 Å². The molecule has 3 heteroatoms. The van der Waals surface area contributed by atoms with Crippen LogP contribution in [0.3, 0.4) is 0 Å². The second kappa shape index (κ2) is 4.67. The van der Waals surface area contributed by atoms with Crippen molar-refractivity contribution in [2.24, 2.45) is 16.1 Å². The van der Waals surface area contributed by atoms with Crippen molar-refractivity contribution >= 4 is 23.1 Å². The van der Waals surface area contributed by atoms with Crippen LogP contribution in [0.2, 0.25) is 5.02 Å². The van der Waals surface area contributed by atoms with Crippen molar-refractivity contribution in [3.05, 3.63) is 29.3 Å². The van der Waals surface area contributed by atoms with Gasteiger partial charge in [0.1, 0.15) is 5.84 Å². The summed E-state index contributed by atoms with van der Waals surface area (Å²) in [6.07, 6.45) is 0.777. The Hall–Kier alpha value is -1.02.